The first-order valence-corrected chi connectivity index (χ1v) is 13.4. The summed E-state index contributed by atoms with van der Waals surface area (Å²) in [5.74, 6) is -0.102. The van der Waals surface area contributed by atoms with Crippen LogP contribution in [0, 0.1) is 6.92 Å². The van der Waals surface area contributed by atoms with Gasteiger partial charge >= 0.3 is 0 Å². The molecule has 4 heteroatoms. The minimum absolute atomic E-state index is 0.00557. The van der Waals surface area contributed by atoms with Crippen molar-refractivity contribution in [2.24, 2.45) is 0 Å². The van der Waals surface area contributed by atoms with Gasteiger partial charge in [-0.2, -0.15) is 0 Å². The third-order valence-corrected chi connectivity index (χ3v) is 6.70. The van der Waals surface area contributed by atoms with Crippen LogP contribution in [0.15, 0.2) is 78.9 Å². The van der Waals surface area contributed by atoms with Gasteiger partial charge in [0.2, 0.25) is 11.8 Å². The van der Waals surface area contributed by atoms with Crippen molar-refractivity contribution >= 4 is 11.8 Å². The fourth-order valence-corrected chi connectivity index (χ4v) is 4.49. The molecule has 0 radical (unpaired) electrons. The highest BCUT2D eigenvalue weighted by atomic mass is 16.2. The Hall–Kier alpha value is -3.40. The highest BCUT2D eigenvalue weighted by molar-refractivity contribution is 5.88. The highest BCUT2D eigenvalue weighted by Gasteiger charge is 2.30. The van der Waals surface area contributed by atoms with Crippen LogP contribution in [0.4, 0.5) is 0 Å². The largest absolute Gasteiger partial charge is 0.354 e. The SMILES string of the molecule is CCCNC(=O)[C@H](Cc1ccccc1)N(Cc1cccc(C)c1)C(=O)CCc1ccc(C(C)(C)C)cc1. The lowest BCUT2D eigenvalue weighted by molar-refractivity contribution is -0.141. The molecule has 0 bridgehead atoms. The molecule has 196 valence electrons. The van der Waals surface area contributed by atoms with Gasteiger partial charge in [-0.25, -0.2) is 0 Å². The summed E-state index contributed by atoms with van der Waals surface area (Å²) in [6, 6.07) is 26.1. The van der Waals surface area contributed by atoms with Crippen LogP contribution in [0.1, 0.15) is 68.4 Å². The van der Waals surface area contributed by atoms with Crippen molar-refractivity contribution in [3.05, 3.63) is 107 Å². The summed E-state index contributed by atoms with van der Waals surface area (Å²) >= 11 is 0. The summed E-state index contributed by atoms with van der Waals surface area (Å²) < 4.78 is 0. The molecule has 0 fully saturated rings. The van der Waals surface area contributed by atoms with Gasteiger partial charge in [0.1, 0.15) is 6.04 Å². The van der Waals surface area contributed by atoms with Gasteiger partial charge in [-0.05, 0) is 47.4 Å². The van der Waals surface area contributed by atoms with E-state index in [1.54, 1.807) is 4.90 Å². The molecule has 0 unspecified atom stereocenters. The number of nitrogens with one attached hydrogen (secondary N) is 1. The number of carbonyl (C=O) groups is 2. The first-order chi connectivity index (χ1) is 17.7. The molecule has 1 atom stereocenters. The summed E-state index contributed by atoms with van der Waals surface area (Å²) in [6.07, 6.45) is 2.32. The van der Waals surface area contributed by atoms with Gasteiger partial charge in [-0.1, -0.05) is 112 Å². The normalized spacial score (nSPS) is 12.1. The molecule has 0 heterocycles. The number of benzene rings is 3. The Morgan fingerprint density at radius 3 is 2.16 bits per heavy atom. The minimum Gasteiger partial charge on any atom is -0.354 e. The van der Waals surface area contributed by atoms with Gasteiger partial charge in [-0.3, -0.25) is 9.59 Å². The predicted octanol–water partition coefficient (Wildman–Crippen LogP) is 6.39. The summed E-state index contributed by atoms with van der Waals surface area (Å²) in [4.78, 5) is 29.0. The Kier molecular flexibility index (Phi) is 10.1. The average Bonchev–Trinajstić information content (AvgIpc) is 2.88. The van der Waals surface area contributed by atoms with Gasteiger partial charge < -0.3 is 10.2 Å². The van der Waals surface area contributed by atoms with E-state index in [1.807, 2.05) is 62.4 Å². The van der Waals surface area contributed by atoms with E-state index in [0.29, 0.717) is 32.4 Å². The zero-order valence-electron chi connectivity index (χ0n) is 23.1. The number of nitrogens with zero attached hydrogens (tertiary/aromatic N) is 1. The van der Waals surface area contributed by atoms with Crippen molar-refractivity contribution in [2.45, 2.75) is 78.3 Å². The smallest absolute Gasteiger partial charge is 0.243 e. The number of rotatable bonds is 11. The monoisotopic (exact) mass is 498 g/mol. The number of hydrogen-bond acceptors (Lipinski definition) is 2. The third kappa shape index (κ3) is 8.59. The average molecular weight is 499 g/mol. The van der Waals surface area contributed by atoms with Crippen LogP contribution in [0.3, 0.4) is 0 Å². The zero-order chi connectivity index (χ0) is 26.8. The second-order valence-corrected chi connectivity index (χ2v) is 11.0. The van der Waals surface area contributed by atoms with Crippen LogP contribution in [0.2, 0.25) is 0 Å². The molecule has 0 spiro atoms. The maximum absolute atomic E-state index is 13.8. The van der Waals surface area contributed by atoms with Gasteiger partial charge in [0.05, 0.1) is 0 Å². The first kappa shape index (κ1) is 28.2. The molecule has 3 aromatic carbocycles. The van der Waals surface area contributed by atoms with E-state index < -0.39 is 6.04 Å². The molecule has 0 saturated heterocycles. The molecule has 37 heavy (non-hydrogen) atoms. The van der Waals surface area contributed by atoms with E-state index in [9.17, 15) is 9.59 Å². The van der Waals surface area contributed by atoms with E-state index >= 15 is 0 Å². The molecular formula is C33H42N2O2. The molecule has 0 saturated carbocycles. The van der Waals surface area contributed by atoms with Crippen LogP contribution in [-0.2, 0) is 34.4 Å². The van der Waals surface area contributed by atoms with Crippen LogP contribution in [0.5, 0.6) is 0 Å². The minimum atomic E-state index is -0.578. The number of hydrogen-bond donors (Lipinski definition) is 1. The standard InChI is InChI=1S/C33H42N2O2/c1-6-21-34-32(37)30(23-27-12-8-7-9-13-27)35(24-28-14-10-11-25(2)22-28)31(36)20-17-26-15-18-29(19-16-26)33(3,4)5/h7-16,18-19,22,30H,6,17,20-21,23-24H2,1-5H3,(H,34,37)/t30-/m0/s1. The second-order valence-electron chi connectivity index (χ2n) is 11.0. The van der Waals surface area contributed by atoms with Crippen molar-refractivity contribution in [2.75, 3.05) is 6.54 Å². The molecule has 4 nitrogen and oxygen atoms in total. The fourth-order valence-electron chi connectivity index (χ4n) is 4.49. The van der Waals surface area contributed by atoms with Crippen molar-refractivity contribution in [3.63, 3.8) is 0 Å². The van der Waals surface area contributed by atoms with Gasteiger partial charge in [0.15, 0.2) is 0 Å². The summed E-state index contributed by atoms with van der Waals surface area (Å²) in [6.45, 7) is 11.7. The molecule has 0 aliphatic rings. The Bertz CT molecular complexity index is 1150. The van der Waals surface area contributed by atoms with E-state index in [-0.39, 0.29) is 17.2 Å². The quantitative estimate of drug-likeness (QED) is 0.333. The molecule has 1 N–H and O–H groups in total. The molecule has 3 aromatic rings. The van der Waals surface area contributed by atoms with E-state index in [4.69, 9.17) is 0 Å². The summed E-state index contributed by atoms with van der Waals surface area (Å²) in [5.41, 5.74) is 5.71. The predicted molar refractivity (Wildman–Crippen MR) is 152 cm³/mol. The van der Waals surface area contributed by atoms with Gasteiger partial charge in [0, 0.05) is 25.9 Å². The zero-order valence-corrected chi connectivity index (χ0v) is 23.1. The van der Waals surface area contributed by atoms with Crippen LogP contribution in [0.25, 0.3) is 0 Å². The highest BCUT2D eigenvalue weighted by Crippen LogP contribution is 2.23. The number of amides is 2. The maximum Gasteiger partial charge on any atom is 0.243 e. The van der Waals surface area contributed by atoms with Crippen molar-refractivity contribution in [1.29, 1.82) is 0 Å². The molecule has 0 aliphatic heterocycles. The maximum atomic E-state index is 13.8. The molecule has 2 amide bonds. The Morgan fingerprint density at radius 2 is 1.54 bits per heavy atom. The third-order valence-electron chi connectivity index (χ3n) is 6.70. The van der Waals surface area contributed by atoms with E-state index in [0.717, 1.165) is 28.7 Å². The molecule has 0 aromatic heterocycles. The topological polar surface area (TPSA) is 49.4 Å². The van der Waals surface area contributed by atoms with Crippen molar-refractivity contribution in [3.8, 4) is 0 Å². The van der Waals surface area contributed by atoms with Crippen molar-refractivity contribution in [1.82, 2.24) is 10.2 Å². The Labute approximate surface area is 223 Å². The Balaban J connectivity index is 1.86. The van der Waals surface area contributed by atoms with Gasteiger partial charge in [-0.15, -0.1) is 0 Å². The van der Waals surface area contributed by atoms with Crippen molar-refractivity contribution < 1.29 is 9.59 Å². The lowest BCUT2D eigenvalue weighted by Gasteiger charge is -2.32. The molecular weight excluding hydrogens is 456 g/mol. The lowest BCUT2D eigenvalue weighted by Crippen LogP contribution is -2.50. The number of aryl methyl sites for hydroxylation is 2. The Morgan fingerprint density at radius 1 is 0.865 bits per heavy atom. The van der Waals surface area contributed by atoms with E-state index in [2.05, 4.69) is 56.4 Å². The first-order valence-electron chi connectivity index (χ1n) is 13.4. The van der Waals surface area contributed by atoms with Crippen LogP contribution >= 0.6 is 0 Å². The second kappa shape index (κ2) is 13.2. The van der Waals surface area contributed by atoms with E-state index in [1.165, 1.54) is 5.56 Å². The number of carbonyl (C=O) groups excluding carboxylic acids is 2. The summed E-state index contributed by atoms with van der Waals surface area (Å²) in [5, 5.41) is 3.05. The molecule has 3 rings (SSSR count). The summed E-state index contributed by atoms with van der Waals surface area (Å²) in [7, 11) is 0. The fraction of sp³-hybridized carbons (Fsp3) is 0.394. The van der Waals surface area contributed by atoms with Gasteiger partial charge in [0.25, 0.3) is 0 Å². The molecule has 0 aliphatic carbocycles. The van der Waals surface area contributed by atoms with Crippen LogP contribution in [-0.4, -0.2) is 29.3 Å². The van der Waals surface area contributed by atoms with Crippen LogP contribution < -0.4 is 5.32 Å². The lowest BCUT2D eigenvalue weighted by atomic mass is 9.86.